The van der Waals surface area contributed by atoms with Gasteiger partial charge >= 0.3 is 0 Å². The van der Waals surface area contributed by atoms with Crippen molar-refractivity contribution >= 4 is 45.8 Å². The summed E-state index contributed by atoms with van der Waals surface area (Å²) in [6.07, 6.45) is 1.71. The molecule has 5 aromatic rings. The molecule has 7 nitrogen and oxygen atoms in total. The highest BCUT2D eigenvalue weighted by Crippen LogP contribution is 2.29. The second-order valence-corrected chi connectivity index (χ2v) is 10.4. The Morgan fingerprint density at radius 2 is 1.57 bits per heavy atom. The minimum absolute atomic E-state index is 0.0610. The number of benzene rings is 3. The average Bonchev–Trinajstić information content (AvgIpc) is 3.10. The molecule has 0 spiro atoms. The molecule has 7 heteroatoms. The largest absolute Gasteiger partial charge is 0.383 e. The number of anilines is 2. The number of para-hydroxylation sites is 2. The lowest BCUT2D eigenvalue weighted by molar-refractivity contribution is 0.102. The normalized spacial score (nSPS) is 12.0. The maximum Gasteiger partial charge on any atom is 0.261 e. The van der Waals surface area contributed by atoms with Gasteiger partial charge < -0.3 is 11.1 Å². The quantitative estimate of drug-likeness (QED) is 0.292. The molecular weight excluding hydrogens is 460 g/mol. The van der Waals surface area contributed by atoms with Gasteiger partial charge in [-0.25, -0.2) is 9.97 Å². The monoisotopic (exact) mass is 490 g/mol. The van der Waals surface area contributed by atoms with Crippen LogP contribution in [0.3, 0.4) is 0 Å². The Hall–Kier alpha value is -4.52. The number of rotatable bonds is 4. The first kappa shape index (κ1) is 24.2. The number of hydrogen-bond acceptors (Lipinski definition) is 5. The zero-order valence-corrected chi connectivity index (χ0v) is 21.7. The number of amides is 1. The molecule has 0 aliphatic carbocycles. The summed E-state index contributed by atoms with van der Waals surface area (Å²) in [5, 5.41) is 7.60. The predicted octanol–water partition coefficient (Wildman–Crippen LogP) is 6.22. The fourth-order valence-corrected chi connectivity index (χ4v) is 4.42. The highest BCUT2D eigenvalue weighted by molar-refractivity contribution is 6.16. The van der Waals surface area contributed by atoms with Gasteiger partial charge in [0, 0.05) is 5.69 Å². The Morgan fingerprint density at radius 1 is 0.946 bits per heavy atom. The highest BCUT2D eigenvalue weighted by atomic mass is 16.1. The van der Waals surface area contributed by atoms with E-state index in [0.717, 1.165) is 16.7 Å². The molecule has 5 rings (SSSR count). The van der Waals surface area contributed by atoms with Crippen LogP contribution in [-0.4, -0.2) is 26.8 Å². The molecule has 0 atom stereocenters. The number of nitrogens with zero attached hydrogens (tertiary/aromatic N) is 4. The molecule has 0 aliphatic heterocycles. The number of hydrogen-bond donors (Lipinski definition) is 2. The Kier molecular flexibility index (Phi) is 5.99. The van der Waals surface area contributed by atoms with Gasteiger partial charge in [-0.05, 0) is 65.8 Å². The first-order valence-electron chi connectivity index (χ1n) is 12.2. The van der Waals surface area contributed by atoms with Crippen molar-refractivity contribution in [3.05, 3.63) is 94.5 Å². The fourth-order valence-electron chi connectivity index (χ4n) is 4.42. The summed E-state index contributed by atoms with van der Waals surface area (Å²) in [5.41, 5.74) is 14.0. The van der Waals surface area contributed by atoms with Crippen molar-refractivity contribution in [3.8, 4) is 0 Å². The molecule has 2 aromatic heterocycles. The molecular formula is C30H30N6O. The Morgan fingerprint density at radius 3 is 2.19 bits per heavy atom. The smallest absolute Gasteiger partial charge is 0.261 e. The summed E-state index contributed by atoms with van der Waals surface area (Å²) in [4.78, 5) is 23.0. The number of carbonyl (C=O) groups is 1. The number of aryl methyl sites for hydroxylation is 2. The molecule has 3 N–H and O–H groups in total. The van der Waals surface area contributed by atoms with E-state index in [-0.39, 0.29) is 22.7 Å². The minimum Gasteiger partial charge on any atom is -0.383 e. The van der Waals surface area contributed by atoms with Gasteiger partial charge in [0.1, 0.15) is 16.9 Å². The van der Waals surface area contributed by atoms with Gasteiger partial charge in [-0.15, -0.1) is 0 Å². The van der Waals surface area contributed by atoms with E-state index in [1.807, 2.05) is 62.4 Å². The molecule has 186 valence electrons. The Balaban J connectivity index is 1.61. The number of aromatic nitrogens is 3. The van der Waals surface area contributed by atoms with Crippen LogP contribution in [0.2, 0.25) is 0 Å². The van der Waals surface area contributed by atoms with Crippen LogP contribution in [0.1, 0.15) is 53.4 Å². The Bertz CT molecular complexity index is 1650. The molecule has 37 heavy (non-hydrogen) atoms. The summed E-state index contributed by atoms with van der Waals surface area (Å²) in [6, 6.07) is 21.6. The lowest BCUT2D eigenvalue weighted by Gasteiger charge is -2.18. The average molecular weight is 491 g/mol. The van der Waals surface area contributed by atoms with Crippen molar-refractivity contribution in [2.45, 2.75) is 40.0 Å². The van der Waals surface area contributed by atoms with Crippen LogP contribution in [0.15, 0.2) is 71.8 Å². The van der Waals surface area contributed by atoms with Crippen molar-refractivity contribution in [1.29, 1.82) is 0 Å². The molecule has 0 bridgehead atoms. The molecule has 3 aromatic carbocycles. The molecule has 1 amide bonds. The molecule has 0 fully saturated rings. The van der Waals surface area contributed by atoms with E-state index in [1.54, 1.807) is 6.21 Å². The van der Waals surface area contributed by atoms with Crippen LogP contribution in [0, 0.1) is 13.8 Å². The number of nitrogens with one attached hydrogen (secondary N) is 1. The zero-order chi connectivity index (χ0) is 26.3. The first-order chi connectivity index (χ1) is 17.6. The third kappa shape index (κ3) is 4.80. The van der Waals surface area contributed by atoms with Gasteiger partial charge in [-0.2, -0.15) is 9.78 Å². The van der Waals surface area contributed by atoms with Gasteiger partial charge in [0.2, 0.25) is 0 Å². The SMILES string of the molecule is Cc1cc(C)cc(NC(=O)c2c(N)n(/N=C\c3ccc(C(C)(C)C)cc3)c3nc4ccccc4nc23)c1. The maximum absolute atomic E-state index is 13.5. The van der Waals surface area contributed by atoms with E-state index >= 15 is 0 Å². The lowest BCUT2D eigenvalue weighted by atomic mass is 9.87. The van der Waals surface area contributed by atoms with Crippen LogP contribution >= 0.6 is 0 Å². The van der Waals surface area contributed by atoms with Crippen LogP contribution in [-0.2, 0) is 5.41 Å². The van der Waals surface area contributed by atoms with Crippen molar-refractivity contribution < 1.29 is 4.79 Å². The van der Waals surface area contributed by atoms with Crippen LogP contribution < -0.4 is 11.1 Å². The van der Waals surface area contributed by atoms with E-state index in [2.05, 4.69) is 49.4 Å². The highest BCUT2D eigenvalue weighted by Gasteiger charge is 2.24. The van der Waals surface area contributed by atoms with E-state index in [1.165, 1.54) is 10.2 Å². The van der Waals surface area contributed by atoms with Crippen molar-refractivity contribution in [3.63, 3.8) is 0 Å². The van der Waals surface area contributed by atoms with Crippen molar-refractivity contribution in [2.75, 3.05) is 11.1 Å². The number of nitrogen functional groups attached to an aromatic ring is 1. The first-order valence-corrected chi connectivity index (χ1v) is 12.2. The second kappa shape index (κ2) is 9.17. The number of nitrogens with two attached hydrogens (primary N) is 1. The number of fused-ring (bicyclic) bond motifs is 2. The van der Waals surface area contributed by atoms with Crippen molar-refractivity contribution in [1.82, 2.24) is 14.6 Å². The summed E-state index contributed by atoms with van der Waals surface area (Å²) in [5.74, 6) is -0.185. The summed E-state index contributed by atoms with van der Waals surface area (Å²) >= 11 is 0. The summed E-state index contributed by atoms with van der Waals surface area (Å²) in [6.45, 7) is 10.5. The van der Waals surface area contributed by atoms with Crippen molar-refractivity contribution in [2.24, 2.45) is 5.10 Å². The standard InChI is InChI=1S/C30H30N6O/c1-18-14-19(2)16-22(15-18)33-29(37)25-26-28(35-24-9-7-6-8-23(24)34-26)36(27(25)31)32-17-20-10-12-21(13-11-20)30(3,4)5/h6-17H,31H2,1-5H3,(H,33,37)/b32-17-. The Labute approximate surface area is 216 Å². The zero-order valence-electron chi connectivity index (χ0n) is 21.7. The van der Waals surface area contributed by atoms with Crippen LogP contribution in [0.25, 0.3) is 22.2 Å². The van der Waals surface area contributed by atoms with E-state index < -0.39 is 0 Å². The topological polar surface area (TPSA) is 98.2 Å². The van der Waals surface area contributed by atoms with Crippen LogP contribution in [0.5, 0.6) is 0 Å². The van der Waals surface area contributed by atoms with Gasteiger partial charge in [0.25, 0.3) is 5.91 Å². The van der Waals surface area contributed by atoms with E-state index in [4.69, 9.17) is 15.7 Å². The van der Waals surface area contributed by atoms with Gasteiger partial charge in [0.15, 0.2) is 5.65 Å². The molecule has 0 unspecified atom stereocenters. The summed E-state index contributed by atoms with van der Waals surface area (Å²) < 4.78 is 1.49. The predicted molar refractivity (Wildman–Crippen MR) is 151 cm³/mol. The molecule has 0 saturated carbocycles. The third-order valence-electron chi connectivity index (χ3n) is 6.28. The second-order valence-electron chi connectivity index (χ2n) is 10.4. The van der Waals surface area contributed by atoms with Gasteiger partial charge in [-0.3, -0.25) is 4.79 Å². The van der Waals surface area contributed by atoms with Gasteiger partial charge in [-0.1, -0.05) is 63.2 Å². The maximum atomic E-state index is 13.5. The summed E-state index contributed by atoms with van der Waals surface area (Å²) in [7, 11) is 0. The van der Waals surface area contributed by atoms with Gasteiger partial charge in [0.05, 0.1) is 17.2 Å². The minimum atomic E-state index is -0.361. The lowest BCUT2D eigenvalue weighted by Crippen LogP contribution is -2.14. The van der Waals surface area contributed by atoms with E-state index in [0.29, 0.717) is 27.9 Å². The third-order valence-corrected chi connectivity index (χ3v) is 6.28. The van der Waals surface area contributed by atoms with E-state index in [9.17, 15) is 4.79 Å². The molecule has 0 radical (unpaired) electrons. The number of carbonyl (C=O) groups excluding carboxylic acids is 1. The van der Waals surface area contributed by atoms with Crippen LogP contribution in [0.4, 0.5) is 11.5 Å². The molecule has 0 aliphatic rings. The fraction of sp³-hybridized carbons (Fsp3) is 0.200. The molecule has 2 heterocycles. The molecule has 0 saturated heterocycles.